The summed E-state index contributed by atoms with van der Waals surface area (Å²) in [5.74, 6) is 0.744. The molecule has 1 amide bonds. The Morgan fingerprint density at radius 1 is 1.31 bits per heavy atom. The van der Waals surface area contributed by atoms with Gasteiger partial charge in [-0.05, 0) is 63.8 Å². The Bertz CT molecular complexity index is 822. The van der Waals surface area contributed by atoms with Crippen molar-refractivity contribution in [3.05, 3.63) is 35.8 Å². The minimum absolute atomic E-state index is 0.0603. The average molecular weight is 399 g/mol. The highest BCUT2D eigenvalue weighted by atomic mass is 16.1. The summed E-state index contributed by atoms with van der Waals surface area (Å²) < 4.78 is 0. The fourth-order valence-corrected chi connectivity index (χ4v) is 3.72. The average Bonchev–Trinajstić information content (AvgIpc) is 3.20. The van der Waals surface area contributed by atoms with Gasteiger partial charge in [0, 0.05) is 55.7 Å². The van der Waals surface area contributed by atoms with E-state index in [9.17, 15) is 4.79 Å². The predicted octanol–water partition coefficient (Wildman–Crippen LogP) is 2.75. The summed E-state index contributed by atoms with van der Waals surface area (Å²) in [5.41, 5.74) is 9.25. The number of likely N-dealkylation sites (tertiary alicyclic amines) is 1. The van der Waals surface area contributed by atoms with E-state index in [4.69, 9.17) is 5.73 Å². The molecule has 5 N–H and O–H groups in total. The lowest BCUT2D eigenvalue weighted by molar-refractivity contribution is 0.0937. The lowest BCUT2D eigenvalue weighted by Gasteiger charge is -2.35. The Hall–Kier alpha value is -2.38. The predicted molar refractivity (Wildman–Crippen MR) is 118 cm³/mol. The Morgan fingerprint density at radius 3 is 2.69 bits per heavy atom. The van der Waals surface area contributed by atoms with Crippen molar-refractivity contribution in [1.82, 2.24) is 20.2 Å². The minimum Gasteiger partial charge on any atom is -0.367 e. The summed E-state index contributed by atoms with van der Waals surface area (Å²) in [5, 5.41) is 6.48. The molecule has 1 atom stereocenters. The molecule has 158 valence electrons. The van der Waals surface area contributed by atoms with E-state index in [0.29, 0.717) is 24.3 Å². The molecule has 1 aliphatic heterocycles. The maximum atomic E-state index is 12.3. The molecule has 0 spiro atoms. The number of piperidine rings is 1. The van der Waals surface area contributed by atoms with E-state index < -0.39 is 0 Å². The maximum Gasteiger partial charge on any atom is 0.267 e. The van der Waals surface area contributed by atoms with Crippen LogP contribution < -0.4 is 16.4 Å². The van der Waals surface area contributed by atoms with E-state index >= 15 is 0 Å². The summed E-state index contributed by atoms with van der Waals surface area (Å²) in [6, 6.07) is 4.95. The zero-order valence-corrected chi connectivity index (χ0v) is 18.0. The highest BCUT2D eigenvalue weighted by Gasteiger charge is 2.21. The lowest BCUT2D eigenvalue weighted by Crippen LogP contribution is -2.42. The van der Waals surface area contributed by atoms with Crippen LogP contribution in [-0.4, -0.2) is 58.5 Å². The summed E-state index contributed by atoms with van der Waals surface area (Å²) >= 11 is 0. The fourth-order valence-electron chi connectivity index (χ4n) is 3.72. The van der Waals surface area contributed by atoms with Gasteiger partial charge in [-0.2, -0.15) is 0 Å². The van der Waals surface area contributed by atoms with E-state index in [1.807, 2.05) is 32.3 Å². The van der Waals surface area contributed by atoms with Crippen molar-refractivity contribution in [3.63, 3.8) is 0 Å². The van der Waals surface area contributed by atoms with Crippen molar-refractivity contribution in [3.8, 4) is 11.1 Å². The van der Waals surface area contributed by atoms with Crippen LogP contribution in [0.25, 0.3) is 11.1 Å². The van der Waals surface area contributed by atoms with Crippen LogP contribution in [0.3, 0.4) is 0 Å². The van der Waals surface area contributed by atoms with Crippen molar-refractivity contribution in [2.75, 3.05) is 25.0 Å². The molecule has 1 saturated heterocycles. The normalized spacial score (nSPS) is 16.8. The van der Waals surface area contributed by atoms with Gasteiger partial charge in [0.05, 0.1) is 0 Å². The fraction of sp³-hybridized carbons (Fsp3) is 0.545. The molecule has 0 aliphatic carbocycles. The molecule has 0 unspecified atom stereocenters. The first kappa shape index (κ1) is 21.3. The smallest absolute Gasteiger partial charge is 0.267 e. The third kappa shape index (κ3) is 5.36. The van der Waals surface area contributed by atoms with Gasteiger partial charge in [-0.25, -0.2) is 4.98 Å². The molecular formula is C22H34N6O. The number of rotatable bonds is 7. The molecule has 2 aromatic rings. The number of anilines is 1. The van der Waals surface area contributed by atoms with Gasteiger partial charge in [0.1, 0.15) is 11.5 Å². The van der Waals surface area contributed by atoms with Crippen LogP contribution in [0.15, 0.2) is 24.5 Å². The number of aromatic nitrogens is 2. The van der Waals surface area contributed by atoms with Gasteiger partial charge in [0.25, 0.3) is 5.91 Å². The van der Waals surface area contributed by atoms with Gasteiger partial charge in [-0.15, -0.1) is 0 Å². The van der Waals surface area contributed by atoms with Crippen molar-refractivity contribution >= 4 is 11.7 Å². The van der Waals surface area contributed by atoms with Gasteiger partial charge in [0.15, 0.2) is 0 Å². The number of aromatic amines is 1. The van der Waals surface area contributed by atoms with Crippen molar-refractivity contribution in [2.45, 2.75) is 58.7 Å². The first-order chi connectivity index (χ1) is 13.9. The highest BCUT2D eigenvalue weighted by molar-refractivity contribution is 5.94. The van der Waals surface area contributed by atoms with E-state index in [0.717, 1.165) is 48.4 Å². The molecule has 3 rings (SSSR count). The molecule has 3 heterocycles. The monoisotopic (exact) mass is 398 g/mol. The number of nitrogens with one attached hydrogen (secondary N) is 3. The zero-order chi connectivity index (χ0) is 21.0. The second-order valence-electron chi connectivity index (χ2n) is 8.35. The number of pyridine rings is 1. The number of aryl methyl sites for hydroxylation is 1. The van der Waals surface area contributed by atoms with Crippen LogP contribution in [0.2, 0.25) is 0 Å². The van der Waals surface area contributed by atoms with Crippen LogP contribution in [-0.2, 0) is 0 Å². The standard InChI is InChI=1S/C22H34N6O/c1-14(2)28-7-5-18(6-8-28)27-21-10-19(15(3)12-25-21)17-9-20(24-13-17)22(29)26-16(4)11-23/h9-10,12-14,16,18,24H,5-8,11,23H2,1-4H3,(H,25,27)(H,26,29)/t16-/m0/s1. The molecule has 7 heteroatoms. The quantitative estimate of drug-likeness (QED) is 0.575. The van der Waals surface area contributed by atoms with Crippen LogP contribution >= 0.6 is 0 Å². The Labute approximate surface area is 173 Å². The SMILES string of the molecule is Cc1cnc(NC2CCN(C(C)C)CC2)cc1-c1c[nH]c(C(=O)N[C@@H](C)CN)c1. The third-order valence-electron chi connectivity index (χ3n) is 5.68. The first-order valence-corrected chi connectivity index (χ1v) is 10.5. The number of amides is 1. The molecule has 0 saturated carbocycles. The number of H-pyrrole nitrogens is 1. The van der Waals surface area contributed by atoms with Crippen LogP contribution in [0.4, 0.5) is 5.82 Å². The Balaban J connectivity index is 1.69. The first-order valence-electron chi connectivity index (χ1n) is 10.5. The molecular weight excluding hydrogens is 364 g/mol. The maximum absolute atomic E-state index is 12.3. The van der Waals surface area contributed by atoms with Crippen LogP contribution in [0.1, 0.15) is 49.7 Å². The number of carbonyl (C=O) groups excluding carboxylic acids is 1. The van der Waals surface area contributed by atoms with Crippen molar-refractivity contribution in [2.24, 2.45) is 5.73 Å². The number of hydrogen-bond donors (Lipinski definition) is 4. The summed E-state index contributed by atoms with van der Waals surface area (Å²) in [6.07, 6.45) is 6.01. The number of hydrogen-bond acceptors (Lipinski definition) is 5. The largest absolute Gasteiger partial charge is 0.367 e. The lowest BCUT2D eigenvalue weighted by atomic mass is 10.0. The van der Waals surface area contributed by atoms with Gasteiger partial charge in [-0.1, -0.05) is 0 Å². The molecule has 7 nitrogen and oxygen atoms in total. The van der Waals surface area contributed by atoms with Gasteiger partial charge in [0.2, 0.25) is 0 Å². The number of carbonyl (C=O) groups is 1. The molecule has 0 radical (unpaired) electrons. The summed E-state index contributed by atoms with van der Waals surface area (Å²) in [4.78, 5) is 22.5. The summed E-state index contributed by atoms with van der Waals surface area (Å²) in [6.45, 7) is 11.1. The molecule has 0 aromatic carbocycles. The van der Waals surface area contributed by atoms with E-state index in [1.54, 1.807) is 0 Å². The summed E-state index contributed by atoms with van der Waals surface area (Å²) in [7, 11) is 0. The topological polar surface area (TPSA) is 99.1 Å². The van der Waals surface area contributed by atoms with E-state index in [-0.39, 0.29) is 11.9 Å². The molecule has 1 fully saturated rings. The Kier molecular flexibility index (Phi) is 6.92. The molecule has 1 aliphatic rings. The zero-order valence-electron chi connectivity index (χ0n) is 18.0. The third-order valence-corrected chi connectivity index (χ3v) is 5.68. The Morgan fingerprint density at radius 2 is 2.03 bits per heavy atom. The van der Waals surface area contributed by atoms with Crippen molar-refractivity contribution < 1.29 is 4.79 Å². The second-order valence-corrected chi connectivity index (χ2v) is 8.35. The van der Waals surface area contributed by atoms with Gasteiger partial charge >= 0.3 is 0 Å². The van der Waals surface area contributed by atoms with Crippen molar-refractivity contribution in [1.29, 1.82) is 0 Å². The molecule has 2 aromatic heterocycles. The second kappa shape index (κ2) is 9.41. The van der Waals surface area contributed by atoms with E-state index in [1.165, 1.54) is 0 Å². The van der Waals surface area contributed by atoms with Gasteiger partial charge < -0.3 is 26.3 Å². The van der Waals surface area contributed by atoms with E-state index in [2.05, 4.69) is 45.4 Å². The minimum atomic E-state index is -0.142. The molecule has 0 bridgehead atoms. The number of nitrogens with two attached hydrogens (primary N) is 1. The van der Waals surface area contributed by atoms with Crippen LogP contribution in [0.5, 0.6) is 0 Å². The van der Waals surface area contributed by atoms with Crippen LogP contribution in [0, 0.1) is 6.92 Å². The van der Waals surface area contributed by atoms with Gasteiger partial charge in [-0.3, -0.25) is 4.79 Å². The molecule has 29 heavy (non-hydrogen) atoms. The highest BCUT2D eigenvalue weighted by Crippen LogP contribution is 2.27. The number of nitrogens with zero attached hydrogens (tertiary/aromatic N) is 2.